The molecule has 2 fully saturated rings. The molecule has 1 saturated heterocycles. The molecule has 0 spiro atoms. The van der Waals surface area contributed by atoms with Crippen molar-refractivity contribution in [1.82, 2.24) is 10.2 Å². The topological polar surface area (TPSA) is 82.0 Å². The van der Waals surface area contributed by atoms with Gasteiger partial charge < -0.3 is 15.3 Å². The van der Waals surface area contributed by atoms with Gasteiger partial charge in [0.05, 0.1) is 10.5 Å². The average molecular weight is 346 g/mol. The predicted molar refractivity (Wildman–Crippen MR) is 93.4 cm³/mol. The zero-order valence-electron chi connectivity index (χ0n) is 14.6. The second-order valence-electron chi connectivity index (χ2n) is 7.58. The number of aliphatic hydroxyl groups excluding tert-OH is 1. The third-order valence-corrected chi connectivity index (χ3v) is 8.02. The molecule has 23 heavy (non-hydrogen) atoms. The Morgan fingerprint density at radius 3 is 2.48 bits per heavy atom. The first kappa shape index (κ1) is 18.5. The summed E-state index contributed by atoms with van der Waals surface area (Å²) < 4.78 is 23.5. The molecule has 2 N–H and O–H groups in total. The number of hydrogen-bond donors (Lipinski definition) is 2. The Kier molecular flexibility index (Phi) is 5.61. The van der Waals surface area contributed by atoms with Gasteiger partial charge in [0.25, 0.3) is 0 Å². The van der Waals surface area contributed by atoms with E-state index in [-0.39, 0.29) is 17.8 Å². The largest absolute Gasteiger partial charge is 0.396 e. The lowest BCUT2D eigenvalue weighted by Gasteiger charge is -2.40. The zero-order chi connectivity index (χ0) is 17.1. The SMILES string of the molecule is CN=C(NCC1(CCO)CCCC1)N1CCS(=O)(=O)C(C)(C)C1. The van der Waals surface area contributed by atoms with Crippen molar-refractivity contribution < 1.29 is 13.5 Å². The quantitative estimate of drug-likeness (QED) is 0.587. The Balaban J connectivity index is 2.01. The van der Waals surface area contributed by atoms with Crippen LogP contribution in [-0.2, 0) is 9.84 Å². The van der Waals surface area contributed by atoms with Crippen molar-refractivity contribution in [3.63, 3.8) is 0 Å². The van der Waals surface area contributed by atoms with Gasteiger partial charge in [-0.2, -0.15) is 0 Å². The smallest absolute Gasteiger partial charge is 0.193 e. The van der Waals surface area contributed by atoms with E-state index in [0.717, 1.165) is 31.8 Å². The highest BCUT2D eigenvalue weighted by molar-refractivity contribution is 7.92. The third-order valence-electron chi connectivity index (χ3n) is 5.48. The number of rotatable bonds is 4. The number of nitrogens with zero attached hydrogens (tertiary/aromatic N) is 2. The van der Waals surface area contributed by atoms with Crippen LogP contribution in [0.25, 0.3) is 0 Å². The average Bonchev–Trinajstić information content (AvgIpc) is 2.92. The van der Waals surface area contributed by atoms with Crippen molar-refractivity contribution in [2.75, 3.05) is 39.0 Å². The van der Waals surface area contributed by atoms with Gasteiger partial charge in [-0.25, -0.2) is 8.42 Å². The number of hydrogen-bond acceptors (Lipinski definition) is 4. The molecule has 0 radical (unpaired) electrons. The number of aliphatic hydroxyl groups is 1. The molecule has 0 aromatic carbocycles. The molecule has 7 heteroatoms. The molecule has 0 aromatic heterocycles. The van der Waals surface area contributed by atoms with E-state index < -0.39 is 14.6 Å². The Bertz CT molecular complexity index is 537. The van der Waals surface area contributed by atoms with E-state index in [4.69, 9.17) is 0 Å². The summed E-state index contributed by atoms with van der Waals surface area (Å²) in [6.07, 6.45) is 5.52. The fourth-order valence-electron chi connectivity index (χ4n) is 3.80. The van der Waals surface area contributed by atoms with Crippen LogP contribution in [0, 0.1) is 5.41 Å². The van der Waals surface area contributed by atoms with Gasteiger partial charge in [0, 0.05) is 33.3 Å². The molecule has 2 aliphatic rings. The number of sulfone groups is 1. The van der Waals surface area contributed by atoms with E-state index in [2.05, 4.69) is 10.3 Å². The Morgan fingerprint density at radius 2 is 1.96 bits per heavy atom. The molecule has 1 aliphatic heterocycles. The van der Waals surface area contributed by atoms with Crippen molar-refractivity contribution in [1.29, 1.82) is 0 Å². The van der Waals surface area contributed by atoms with E-state index >= 15 is 0 Å². The maximum Gasteiger partial charge on any atom is 0.193 e. The summed E-state index contributed by atoms with van der Waals surface area (Å²) in [5, 5.41) is 12.8. The van der Waals surface area contributed by atoms with Gasteiger partial charge in [0.2, 0.25) is 0 Å². The van der Waals surface area contributed by atoms with Crippen LogP contribution in [0.5, 0.6) is 0 Å². The van der Waals surface area contributed by atoms with Crippen LogP contribution >= 0.6 is 0 Å². The zero-order valence-corrected chi connectivity index (χ0v) is 15.5. The van der Waals surface area contributed by atoms with E-state index in [0.29, 0.717) is 13.1 Å². The van der Waals surface area contributed by atoms with Gasteiger partial charge in [0.15, 0.2) is 15.8 Å². The minimum atomic E-state index is -3.04. The van der Waals surface area contributed by atoms with E-state index in [1.165, 1.54) is 12.8 Å². The van der Waals surface area contributed by atoms with E-state index in [1.807, 2.05) is 4.90 Å². The lowest BCUT2D eigenvalue weighted by atomic mass is 9.83. The van der Waals surface area contributed by atoms with Crippen molar-refractivity contribution >= 4 is 15.8 Å². The lowest BCUT2D eigenvalue weighted by molar-refractivity contribution is 0.184. The van der Waals surface area contributed by atoms with Gasteiger partial charge in [-0.1, -0.05) is 12.8 Å². The summed E-state index contributed by atoms with van der Waals surface area (Å²) in [5.41, 5.74) is 0.155. The summed E-state index contributed by atoms with van der Waals surface area (Å²) in [6, 6.07) is 0. The van der Waals surface area contributed by atoms with Gasteiger partial charge in [-0.15, -0.1) is 0 Å². The second-order valence-corrected chi connectivity index (χ2v) is 10.3. The molecule has 2 rings (SSSR count). The number of nitrogens with one attached hydrogen (secondary N) is 1. The molecule has 0 atom stereocenters. The minimum Gasteiger partial charge on any atom is -0.396 e. The standard InChI is InChI=1S/C16H31N3O3S/c1-15(2)13-19(9-11-23(15,21)22)14(17-3)18-12-16(8-10-20)6-4-5-7-16/h20H,4-13H2,1-3H3,(H,17,18). The monoisotopic (exact) mass is 345 g/mol. The summed E-state index contributed by atoms with van der Waals surface area (Å²) >= 11 is 0. The summed E-state index contributed by atoms with van der Waals surface area (Å²) in [4.78, 5) is 6.40. The molecule has 1 saturated carbocycles. The Morgan fingerprint density at radius 1 is 1.30 bits per heavy atom. The van der Waals surface area contributed by atoms with Crippen molar-refractivity contribution in [2.45, 2.75) is 50.7 Å². The van der Waals surface area contributed by atoms with Gasteiger partial charge in [-0.05, 0) is 38.5 Å². The summed E-state index contributed by atoms with van der Waals surface area (Å²) in [7, 11) is -1.30. The maximum absolute atomic E-state index is 12.1. The van der Waals surface area contributed by atoms with E-state index in [9.17, 15) is 13.5 Å². The first-order valence-electron chi connectivity index (χ1n) is 8.54. The maximum atomic E-state index is 12.1. The molecule has 6 nitrogen and oxygen atoms in total. The molecule has 0 amide bonds. The first-order valence-corrected chi connectivity index (χ1v) is 10.2. The lowest BCUT2D eigenvalue weighted by Crippen LogP contribution is -2.58. The fourth-order valence-corrected chi connectivity index (χ4v) is 5.17. The van der Waals surface area contributed by atoms with Crippen LogP contribution < -0.4 is 5.32 Å². The van der Waals surface area contributed by atoms with Crippen molar-refractivity contribution in [3.05, 3.63) is 0 Å². The first-order chi connectivity index (χ1) is 10.8. The second kappa shape index (κ2) is 6.97. The minimum absolute atomic E-state index is 0.155. The highest BCUT2D eigenvalue weighted by Crippen LogP contribution is 2.40. The molecular formula is C16H31N3O3S. The van der Waals surface area contributed by atoms with Crippen LogP contribution in [0.1, 0.15) is 46.0 Å². The molecule has 1 aliphatic carbocycles. The number of aliphatic imine (C=N–C) groups is 1. The normalized spacial score (nSPS) is 26.3. The molecule has 0 bridgehead atoms. The van der Waals surface area contributed by atoms with Crippen LogP contribution in [0.15, 0.2) is 4.99 Å². The summed E-state index contributed by atoms with van der Waals surface area (Å²) in [6.45, 7) is 5.53. The molecule has 0 unspecified atom stereocenters. The van der Waals surface area contributed by atoms with Gasteiger partial charge in [-0.3, -0.25) is 4.99 Å². The summed E-state index contributed by atoms with van der Waals surface area (Å²) in [5.74, 6) is 0.944. The highest BCUT2D eigenvalue weighted by atomic mass is 32.2. The molecule has 1 heterocycles. The predicted octanol–water partition coefficient (Wildman–Crippen LogP) is 1.01. The third kappa shape index (κ3) is 3.99. The Labute approximate surface area is 140 Å². The van der Waals surface area contributed by atoms with Crippen LogP contribution in [0.4, 0.5) is 0 Å². The highest BCUT2D eigenvalue weighted by Gasteiger charge is 2.41. The van der Waals surface area contributed by atoms with Crippen molar-refractivity contribution in [2.24, 2.45) is 10.4 Å². The number of guanidine groups is 1. The van der Waals surface area contributed by atoms with Crippen molar-refractivity contribution in [3.8, 4) is 0 Å². The van der Waals surface area contributed by atoms with Gasteiger partial charge >= 0.3 is 0 Å². The Hall–Kier alpha value is -0.820. The van der Waals surface area contributed by atoms with Crippen LogP contribution in [-0.4, -0.2) is 68.2 Å². The van der Waals surface area contributed by atoms with E-state index in [1.54, 1.807) is 20.9 Å². The van der Waals surface area contributed by atoms with Crippen LogP contribution in [0.3, 0.4) is 0 Å². The van der Waals surface area contributed by atoms with Gasteiger partial charge in [0.1, 0.15) is 0 Å². The fraction of sp³-hybridized carbons (Fsp3) is 0.938. The molecule has 134 valence electrons. The molecule has 0 aromatic rings. The molecular weight excluding hydrogens is 314 g/mol. The van der Waals surface area contributed by atoms with Crippen LogP contribution in [0.2, 0.25) is 0 Å².